The quantitative estimate of drug-likeness (QED) is 0.428. The molecular formula is C14H20N2O5. The van der Waals surface area contributed by atoms with E-state index in [0.29, 0.717) is 0 Å². The Balaban J connectivity index is 2.35. The monoisotopic (exact) mass is 296 g/mol. The van der Waals surface area contributed by atoms with Crippen LogP contribution in [0.2, 0.25) is 0 Å². The Morgan fingerprint density at radius 1 is 1.19 bits per heavy atom. The molecule has 1 aliphatic heterocycles. The number of piperidine rings is 1. The summed E-state index contributed by atoms with van der Waals surface area (Å²) in [7, 11) is 1.36. The number of hydrogen-bond acceptors (Lipinski definition) is 6. The van der Waals surface area contributed by atoms with Crippen LogP contribution in [0, 0.1) is 0 Å². The van der Waals surface area contributed by atoms with E-state index in [1.165, 1.54) is 7.05 Å². The van der Waals surface area contributed by atoms with Crippen LogP contribution in [0.5, 0.6) is 0 Å². The van der Waals surface area contributed by atoms with Gasteiger partial charge in [-0.15, -0.1) is 0 Å². The number of amides is 1. The third-order valence-electron chi connectivity index (χ3n) is 4.12. The summed E-state index contributed by atoms with van der Waals surface area (Å²) < 4.78 is 0. The first-order chi connectivity index (χ1) is 9.65. The van der Waals surface area contributed by atoms with Crippen molar-refractivity contribution in [3.05, 3.63) is 35.9 Å². The topological polar surface area (TPSA) is 113 Å². The van der Waals surface area contributed by atoms with Gasteiger partial charge in [-0.2, -0.15) is 0 Å². The summed E-state index contributed by atoms with van der Waals surface area (Å²) in [5, 5.41) is 43.1. The highest BCUT2D eigenvalue weighted by Crippen LogP contribution is 2.37. The molecule has 2 rings (SSSR count). The number of aliphatic hydroxyl groups is 4. The Bertz CT molecular complexity index is 531. The number of carbonyl (C=O) groups excluding carboxylic acids is 1. The number of likely N-dealkylation sites (N-methyl/N-ethyl adjacent to an activating group) is 1. The number of benzene rings is 1. The van der Waals surface area contributed by atoms with Gasteiger partial charge in [0.15, 0.2) is 11.3 Å². The van der Waals surface area contributed by atoms with E-state index < -0.39 is 23.0 Å². The Hall–Kier alpha value is -1.51. The fourth-order valence-electron chi connectivity index (χ4n) is 2.47. The molecule has 1 aliphatic rings. The van der Waals surface area contributed by atoms with Crippen LogP contribution < -0.4 is 5.32 Å². The van der Waals surface area contributed by atoms with Crippen LogP contribution >= 0.6 is 0 Å². The van der Waals surface area contributed by atoms with Gasteiger partial charge in [0.05, 0.1) is 6.54 Å². The maximum atomic E-state index is 12.2. The van der Waals surface area contributed by atoms with Crippen molar-refractivity contribution in [2.75, 3.05) is 13.6 Å². The van der Waals surface area contributed by atoms with Gasteiger partial charge in [-0.1, -0.05) is 30.3 Å². The summed E-state index contributed by atoms with van der Waals surface area (Å²) in [6, 6.07) is 8.94. The Kier molecular flexibility index (Phi) is 3.81. The molecule has 0 radical (unpaired) electrons. The number of hydrogen-bond donors (Lipinski definition) is 5. The number of carbonyl (C=O) groups is 1. The van der Waals surface area contributed by atoms with E-state index in [1.807, 2.05) is 6.07 Å². The average Bonchev–Trinajstić information content (AvgIpc) is 2.45. The van der Waals surface area contributed by atoms with Crippen molar-refractivity contribution in [1.82, 2.24) is 10.2 Å². The molecule has 5 N–H and O–H groups in total. The first-order valence-electron chi connectivity index (χ1n) is 6.57. The second kappa shape index (κ2) is 5.04. The van der Waals surface area contributed by atoms with Gasteiger partial charge in [0, 0.05) is 6.54 Å². The predicted octanol–water partition coefficient (Wildman–Crippen LogP) is -1.63. The molecule has 7 nitrogen and oxygen atoms in total. The normalized spacial score (nSPS) is 32.3. The molecule has 2 unspecified atom stereocenters. The molecule has 7 heteroatoms. The number of β-amino-alcohol motifs (C(OH)–C–C–N with tert-alkyl or cyclic N) is 1. The molecule has 0 aliphatic carbocycles. The number of likely N-dealkylation sites (tertiary alicyclic amines) is 1. The van der Waals surface area contributed by atoms with Crippen LogP contribution in [-0.2, 0) is 11.3 Å². The summed E-state index contributed by atoms with van der Waals surface area (Å²) in [6.45, 7) is 0.803. The first kappa shape index (κ1) is 15.9. The molecule has 116 valence electrons. The molecule has 0 saturated carbocycles. The fraction of sp³-hybridized carbons (Fsp3) is 0.500. The molecule has 1 aromatic carbocycles. The minimum atomic E-state index is -3.10. The zero-order valence-electron chi connectivity index (χ0n) is 11.9. The number of nitrogens with zero attached hydrogens (tertiary/aromatic N) is 1. The highest BCUT2D eigenvalue weighted by molar-refractivity contribution is 5.86. The lowest BCUT2D eigenvalue weighted by Gasteiger charge is -2.53. The van der Waals surface area contributed by atoms with E-state index in [9.17, 15) is 25.2 Å². The van der Waals surface area contributed by atoms with Crippen LogP contribution in [0.3, 0.4) is 0 Å². The van der Waals surface area contributed by atoms with Gasteiger partial charge in [0.1, 0.15) is 0 Å². The zero-order valence-corrected chi connectivity index (χ0v) is 11.9. The van der Waals surface area contributed by atoms with Crippen molar-refractivity contribution in [1.29, 1.82) is 0 Å². The highest BCUT2D eigenvalue weighted by Gasteiger charge is 2.67. The molecule has 1 amide bonds. The van der Waals surface area contributed by atoms with Gasteiger partial charge in [-0.3, -0.25) is 10.1 Å². The van der Waals surface area contributed by atoms with E-state index in [0.717, 1.165) is 17.4 Å². The largest absolute Gasteiger partial charge is 0.380 e. The molecule has 2 atom stereocenters. The summed E-state index contributed by atoms with van der Waals surface area (Å²) in [5.41, 5.74) is -3.75. The Morgan fingerprint density at radius 2 is 1.76 bits per heavy atom. The van der Waals surface area contributed by atoms with Crippen LogP contribution in [0.4, 0.5) is 0 Å². The lowest BCUT2D eigenvalue weighted by Crippen LogP contribution is -2.82. The lowest BCUT2D eigenvalue weighted by atomic mass is 9.79. The van der Waals surface area contributed by atoms with Crippen molar-refractivity contribution < 1.29 is 25.2 Å². The third kappa shape index (κ3) is 2.33. The number of rotatable bonds is 3. The van der Waals surface area contributed by atoms with Gasteiger partial charge in [-0.25, -0.2) is 0 Å². The number of nitrogens with one attached hydrogen (secondary N) is 1. The van der Waals surface area contributed by atoms with Gasteiger partial charge in [0.2, 0.25) is 0 Å². The molecule has 1 aromatic rings. The Labute approximate surface area is 122 Å². The fourth-order valence-corrected chi connectivity index (χ4v) is 2.47. The second-order valence-electron chi connectivity index (χ2n) is 5.50. The average molecular weight is 296 g/mol. The van der Waals surface area contributed by atoms with E-state index in [1.54, 1.807) is 24.3 Å². The van der Waals surface area contributed by atoms with Crippen LogP contribution in [-0.4, -0.2) is 61.9 Å². The molecule has 21 heavy (non-hydrogen) atoms. The van der Waals surface area contributed by atoms with Gasteiger partial charge in [0.25, 0.3) is 11.7 Å². The van der Waals surface area contributed by atoms with Crippen LogP contribution in [0.25, 0.3) is 0 Å². The first-order valence-corrected chi connectivity index (χ1v) is 6.57. The Morgan fingerprint density at radius 3 is 2.29 bits per heavy atom. The molecule has 1 saturated heterocycles. The van der Waals surface area contributed by atoms with E-state index in [2.05, 4.69) is 5.32 Å². The second-order valence-corrected chi connectivity index (χ2v) is 5.50. The van der Waals surface area contributed by atoms with Crippen LogP contribution in [0.15, 0.2) is 30.3 Å². The summed E-state index contributed by atoms with van der Waals surface area (Å²) in [4.78, 5) is 13.3. The molecule has 0 spiro atoms. The minimum absolute atomic E-state index is 0.0859. The van der Waals surface area contributed by atoms with E-state index in [4.69, 9.17) is 0 Å². The molecule has 0 bridgehead atoms. The third-order valence-corrected chi connectivity index (χ3v) is 4.12. The van der Waals surface area contributed by atoms with Crippen LogP contribution in [0.1, 0.15) is 12.5 Å². The highest BCUT2D eigenvalue weighted by atomic mass is 16.5. The minimum Gasteiger partial charge on any atom is -0.380 e. The van der Waals surface area contributed by atoms with Gasteiger partial charge < -0.3 is 25.3 Å². The zero-order chi connectivity index (χ0) is 15.9. The lowest BCUT2D eigenvalue weighted by molar-refractivity contribution is -0.332. The van der Waals surface area contributed by atoms with Crippen molar-refractivity contribution in [3.8, 4) is 0 Å². The maximum absolute atomic E-state index is 12.2. The summed E-state index contributed by atoms with van der Waals surface area (Å²) >= 11 is 0. The van der Waals surface area contributed by atoms with Crippen molar-refractivity contribution in [2.45, 2.75) is 30.6 Å². The molecular weight excluding hydrogens is 276 g/mol. The predicted molar refractivity (Wildman–Crippen MR) is 73.7 cm³/mol. The molecule has 1 fully saturated rings. The maximum Gasteiger partial charge on any atom is 0.286 e. The summed E-state index contributed by atoms with van der Waals surface area (Å²) in [6.07, 6.45) is 0. The van der Waals surface area contributed by atoms with Crippen molar-refractivity contribution in [3.63, 3.8) is 0 Å². The standard InChI is InChI=1S/C14H20N2O5/c1-12(18)13(19,15-2)9-16(11(17)14(12,20)21)8-10-6-4-3-5-7-10/h3-7,15,18-21H,8-9H2,1-2H3. The van der Waals surface area contributed by atoms with Crippen molar-refractivity contribution in [2.24, 2.45) is 0 Å². The van der Waals surface area contributed by atoms with Gasteiger partial charge in [-0.05, 0) is 19.5 Å². The van der Waals surface area contributed by atoms with E-state index in [-0.39, 0.29) is 13.1 Å². The van der Waals surface area contributed by atoms with Crippen molar-refractivity contribution >= 4 is 5.91 Å². The molecule has 0 aromatic heterocycles. The smallest absolute Gasteiger partial charge is 0.286 e. The van der Waals surface area contributed by atoms with E-state index >= 15 is 0 Å². The van der Waals surface area contributed by atoms with Gasteiger partial charge >= 0.3 is 0 Å². The summed E-state index contributed by atoms with van der Waals surface area (Å²) in [5.74, 6) is -4.16. The SMILES string of the molecule is CNC1(O)CN(Cc2ccccc2)C(=O)C(O)(O)C1(C)O. The molecule has 1 heterocycles.